The summed E-state index contributed by atoms with van der Waals surface area (Å²) in [5, 5.41) is 10.4. The molecule has 1 N–H and O–H groups in total. The predicted molar refractivity (Wildman–Crippen MR) is 69.0 cm³/mol. The summed E-state index contributed by atoms with van der Waals surface area (Å²) in [5.41, 5.74) is -0.515. The summed E-state index contributed by atoms with van der Waals surface area (Å²) in [6, 6.07) is 5.62. The highest BCUT2D eigenvalue weighted by molar-refractivity contribution is 5.79. The van der Waals surface area contributed by atoms with Crippen LogP contribution in [-0.4, -0.2) is 28.3 Å². The fourth-order valence-electron chi connectivity index (χ4n) is 1.89. The van der Waals surface area contributed by atoms with E-state index in [4.69, 9.17) is 4.74 Å². The van der Waals surface area contributed by atoms with Gasteiger partial charge in [0.15, 0.2) is 5.60 Å². The van der Waals surface area contributed by atoms with Gasteiger partial charge in [0.05, 0.1) is 6.61 Å². The number of hydrogen-bond donors (Lipinski definition) is 1. The van der Waals surface area contributed by atoms with Crippen molar-refractivity contribution in [2.24, 2.45) is 0 Å². The summed E-state index contributed by atoms with van der Waals surface area (Å²) in [7, 11) is 0. The van der Waals surface area contributed by atoms with Crippen molar-refractivity contribution < 1.29 is 14.6 Å². The van der Waals surface area contributed by atoms with Gasteiger partial charge in [-0.1, -0.05) is 19.4 Å². The Labute approximate surface area is 108 Å². The minimum absolute atomic E-state index is 0.286. The Kier molecular flexibility index (Phi) is 5.78. The van der Waals surface area contributed by atoms with Crippen LogP contribution in [0.5, 0.6) is 0 Å². The molecule has 1 aromatic heterocycles. The van der Waals surface area contributed by atoms with Crippen molar-refractivity contribution in [1.29, 1.82) is 0 Å². The molecule has 1 rings (SSSR count). The minimum atomic E-state index is -1.39. The first kappa shape index (κ1) is 14.6. The van der Waals surface area contributed by atoms with Crippen LogP contribution in [0, 0.1) is 0 Å². The number of nitrogens with zero attached hydrogens (tertiary/aromatic N) is 1. The molecule has 0 fully saturated rings. The lowest BCUT2D eigenvalue weighted by Gasteiger charge is -2.25. The molecule has 0 aliphatic heterocycles. The minimum Gasteiger partial charge on any atom is -0.464 e. The second-order valence-electron chi connectivity index (χ2n) is 4.32. The number of carbonyl (C=O) groups is 1. The number of carbonyl (C=O) groups excluding carboxylic acids is 1. The topological polar surface area (TPSA) is 59.4 Å². The van der Waals surface area contributed by atoms with Crippen molar-refractivity contribution in [3.05, 3.63) is 30.1 Å². The van der Waals surface area contributed by atoms with Gasteiger partial charge in [0.1, 0.15) is 0 Å². The summed E-state index contributed by atoms with van der Waals surface area (Å²) >= 11 is 0. The van der Waals surface area contributed by atoms with Crippen molar-refractivity contribution in [2.45, 2.75) is 45.1 Å². The van der Waals surface area contributed by atoms with Gasteiger partial charge in [-0.25, -0.2) is 4.79 Å². The molecule has 0 bridgehead atoms. The van der Waals surface area contributed by atoms with Crippen LogP contribution in [0.3, 0.4) is 0 Å². The summed E-state index contributed by atoms with van der Waals surface area (Å²) in [5.74, 6) is -0.525. The third kappa shape index (κ3) is 4.11. The van der Waals surface area contributed by atoms with E-state index in [0.29, 0.717) is 19.3 Å². The van der Waals surface area contributed by atoms with Gasteiger partial charge in [-0.3, -0.25) is 4.98 Å². The molecule has 1 aromatic rings. The third-order valence-corrected chi connectivity index (χ3v) is 2.84. The van der Waals surface area contributed by atoms with Crippen molar-refractivity contribution in [3.63, 3.8) is 0 Å². The molecule has 18 heavy (non-hydrogen) atoms. The summed E-state index contributed by atoms with van der Waals surface area (Å²) < 4.78 is 4.94. The fraction of sp³-hybridized carbons (Fsp3) is 0.571. The molecule has 4 heteroatoms. The first-order valence-electron chi connectivity index (χ1n) is 6.42. The summed E-state index contributed by atoms with van der Waals surface area (Å²) in [6.45, 7) is 3.96. The van der Waals surface area contributed by atoms with E-state index in [1.54, 1.807) is 13.1 Å². The first-order chi connectivity index (χ1) is 8.62. The molecule has 0 aliphatic rings. The average molecular weight is 251 g/mol. The standard InChI is InChI=1S/C14H21NO3/c1-3-9-14(17,13(16)18-4-2)10-8-12-7-5-6-11-15-12/h5-7,11,17H,3-4,8-10H2,1-2H3. The molecule has 1 unspecified atom stereocenters. The van der Waals surface area contributed by atoms with Gasteiger partial charge in [-0.15, -0.1) is 0 Å². The molecule has 1 heterocycles. The van der Waals surface area contributed by atoms with Crippen LogP contribution < -0.4 is 0 Å². The second kappa shape index (κ2) is 7.11. The summed E-state index contributed by atoms with van der Waals surface area (Å²) in [4.78, 5) is 16.0. The van der Waals surface area contributed by atoms with Crippen LogP contribution in [-0.2, 0) is 16.0 Å². The number of ether oxygens (including phenoxy) is 1. The van der Waals surface area contributed by atoms with Crippen LogP contribution in [0.15, 0.2) is 24.4 Å². The van der Waals surface area contributed by atoms with Crippen LogP contribution in [0.25, 0.3) is 0 Å². The van der Waals surface area contributed by atoms with Crippen LogP contribution in [0.2, 0.25) is 0 Å². The van der Waals surface area contributed by atoms with Crippen molar-refractivity contribution in [1.82, 2.24) is 4.98 Å². The largest absolute Gasteiger partial charge is 0.464 e. The Hall–Kier alpha value is -1.42. The maximum atomic E-state index is 11.8. The number of aliphatic hydroxyl groups is 1. The van der Waals surface area contributed by atoms with Gasteiger partial charge in [-0.05, 0) is 38.3 Å². The molecular weight excluding hydrogens is 230 g/mol. The number of aromatic nitrogens is 1. The van der Waals surface area contributed by atoms with Gasteiger partial charge >= 0.3 is 5.97 Å². The van der Waals surface area contributed by atoms with Gasteiger partial charge in [0.2, 0.25) is 0 Å². The van der Waals surface area contributed by atoms with Crippen molar-refractivity contribution in [2.75, 3.05) is 6.61 Å². The van der Waals surface area contributed by atoms with Crippen LogP contribution in [0.4, 0.5) is 0 Å². The third-order valence-electron chi connectivity index (χ3n) is 2.84. The van der Waals surface area contributed by atoms with Gasteiger partial charge in [0.25, 0.3) is 0 Å². The number of hydrogen-bond acceptors (Lipinski definition) is 4. The zero-order valence-corrected chi connectivity index (χ0v) is 11.1. The maximum absolute atomic E-state index is 11.8. The summed E-state index contributed by atoms with van der Waals surface area (Å²) in [6.07, 6.45) is 3.77. The van der Waals surface area contributed by atoms with E-state index < -0.39 is 11.6 Å². The Balaban J connectivity index is 2.65. The Morgan fingerprint density at radius 1 is 1.39 bits per heavy atom. The molecule has 0 aliphatic carbocycles. The lowest BCUT2D eigenvalue weighted by Crippen LogP contribution is -2.40. The molecule has 100 valence electrons. The molecule has 0 saturated heterocycles. The Morgan fingerprint density at radius 2 is 2.17 bits per heavy atom. The lowest BCUT2D eigenvalue weighted by molar-refractivity contribution is -0.166. The average Bonchev–Trinajstić information content (AvgIpc) is 2.38. The van der Waals surface area contributed by atoms with Crippen LogP contribution >= 0.6 is 0 Å². The molecule has 0 spiro atoms. The van der Waals surface area contributed by atoms with E-state index >= 15 is 0 Å². The zero-order valence-electron chi connectivity index (χ0n) is 11.1. The van der Waals surface area contributed by atoms with E-state index in [2.05, 4.69) is 4.98 Å². The van der Waals surface area contributed by atoms with E-state index in [1.165, 1.54) is 0 Å². The van der Waals surface area contributed by atoms with Gasteiger partial charge in [0, 0.05) is 11.9 Å². The van der Waals surface area contributed by atoms with E-state index in [-0.39, 0.29) is 6.61 Å². The monoisotopic (exact) mass is 251 g/mol. The molecule has 0 saturated carbocycles. The van der Waals surface area contributed by atoms with Gasteiger partial charge in [-0.2, -0.15) is 0 Å². The number of aryl methyl sites for hydroxylation is 1. The van der Waals surface area contributed by atoms with Crippen molar-refractivity contribution in [3.8, 4) is 0 Å². The SMILES string of the molecule is CCCC(O)(CCc1ccccn1)C(=O)OCC. The van der Waals surface area contributed by atoms with E-state index in [1.807, 2.05) is 25.1 Å². The van der Waals surface area contributed by atoms with Gasteiger partial charge < -0.3 is 9.84 Å². The van der Waals surface area contributed by atoms with Crippen LogP contribution in [0.1, 0.15) is 38.8 Å². The fourth-order valence-corrected chi connectivity index (χ4v) is 1.89. The molecule has 0 amide bonds. The number of esters is 1. The quantitative estimate of drug-likeness (QED) is 0.754. The molecular formula is C14H21NO3. The second-order valence-corrected chi connectivity index (χ2v) is 4.32. The zero-order chi connectivity index (χ0) is 13.4. The smallest absolute Gasteiger partial charge is 0.338 e. The highest BCUT2D eigenvalue weighted by Crippen LogP contribution is 2.21. The molecule has 1 atom stereocenters. The first-order valence-corrected chi connectivity index (χ1v) is 6.42. The Morgan fingerprint density at radius 3 is 2.72 bits per heavy atom. The van der Waals surface area contributed by atoms with E-state index in [9.17, 15) is 9.90 Å². The molecule has 0 aromatic carbocycles. The van der Waals surface area contributed by atoms with Crippen molar-refractivity contribution >= 4 is 5.97 Å². The lowest BCUT2D eigenvalue weighted by atomic mass is 9.91. The highest BCUT2D eigenvalue weighted by Gasteiger charge is 2.36. The predicted octanol–water partition coefficient (Wildman–Crippen LogP) is 2.11. The number of pyridine rings is 1. The maximum Gasteiger partial charge on any atom is 0.338 e. The molecule has 0 radical (unpaired) electrons. The highest BCUT2D eigenvalue weighted by atomic mass is 16.5. The molecule has 4 nitrogen and oxygen atoms in total. The van der Waals surface area contributed by atoms with E-state index in [0.717, 1.165) is 12.1 Å². The normalized spacial score (nSPS) is 13.9. The Bertz CT molecular complexity index is 367. The number of rotatable bonds is 7.